The zero-order valence-corrected chi connectivity index (χ0v) is 15.3. The normalized spacial score (nSPS) is 22.4. The van der Waals surface area contributed by atoms with Crippen molar-refractivity contribution in [3.05, 3.63) is 53.6 Å². The highest BCUT2D eigenvalue weighted by Crippen LogP contribution is 2.57. The molecule has 4 heteroatoms. The fourth-order valence-electron chi connectivity index (χ4n) is 4.16. The summed E-state index contributed by atoms with van der Waals surface area (Å²) in [6.45, 7) is 4.42. The van der Waals surface area contributed by atoms with Crippen LogP contribution in [0.15, 0.2) is 42.5 Å². The van der Waals surface area contributed by atoms with Crippen molar-refractivity contribution in [3.8, 4) is 17.2 Å². The fraction of sp³-hybridized carbons (Fsp3) is 0.333. The number of fused-ring (bicyclic) bond motifs is 2. The molecule has 2 aromatic rings. The molecule has 2 aromatic carbocycles. The molecule has 0 amide bonds. The lowest BCUT2D eigenvalue weighted by Gasteiger charge is -2.46. The number of hydrogen-bond donors (Lipinski definition) is 0. The maximum Gasteiger partial charge on any atom is 0.212 e. The quantitative estimate of drug-likeness (QED) is 0.820. The summed E-state index contributed by atoms with van der Waals surface area (Å²) in [6, 6.07) is 12.1. The van der Waals surface area contributed by atoms with Gasteiger partial charge in [0.05, 0.1) is 25.3 Å². The highest BCUT2D eigenvalue weighted by Gasteiger charge is 2.58. The number of hydrogen-bond acceptors (Lipinski definition) is 4. The Morgan fingerprint density at radius 2 is 1.64 bits per heavy atom. The maximum absolute atomic E-state index is 6.67. The average molecular weight is 337 g/mol. The molecule has 0 N–H and O–H groups in total. The van der Waals surface area contributed by atoms with Crippen molar-refractivity contribution in [1.82, 2.24) is 0 Å². The van der Waals surface area contributed by atoms with Gasteiger partial charge in [-0.05, 0) is 43.7 Å². The van der Waals surface area contributed by atoms with Gasteiger partial charge >= 0.3 is 0 Å². The first-order valence-corrected chi connectivity index (χ1v) is 8.43. The number of para-hydroxylation sites is 2. The third-order valence-electron chi connectivity index (χ3n) is 5.60. The molecule has 0 bridgehead atoms. The lowest BCUT2D eigenvalue weighted by molar-refractivity contribution is 0.0551. The minimum absolute atomic E-state index is 0.277. The molecule has 2 heterocycles. The first kappa shape index (κ1) is 15.9. The third-order valence-corrected chi connectivity index (χ3v) is 5.60. The van der Waals surface area contributed by atoms with Crippen LogP contribution in [0.1, 0.15) is 25.0 Å². The Balaban J connectivity index is 1.92. The van der Waals surface area contributed by atoms with Crippen LogP contribution in [-0.4, -0.2) is 27.0 Å². The van der Waals surface area contributed by atoms with E-state index in [9.17, 15) is 0 Å². The van der Waals surface area contributed by atoms with Gasteiger partial charge in [-0.25, -0.2) is 0 Å². The van der Waals surface area contributed by atoms with Crippen LogP contribution in [0.25, 0.3) is 6.08 Å². The molecule has 0 radical (unpaired) electrons. The molecule has 2 aliphatic rings. The van der Waals surface area contributed by atoms with E-state index < -0.39 is 5.72 Å². The van der Waals surface area contributed by atoms with Gasteiger partial charge in [-0.1, -0.05) is 24.3 Å². The van der Waals surface area contributed by atoms with Crippen LogP contribution < -0.4 is 19.1 Å². The van der Waals surface area contributed by atoms with Gasteiger partial charge in [-0.3, -0.25) is 0 Å². The smallest absolute Gasteiger partial charge is 0.212 e. The Morgan fingerprint density at radius 3 is 2.36 bits per heavy atom. The van der Waals surface area contributed by atoms with Crippen LogP contribution in [0.5, 0.6) is 17.2 Å². The fourth-order valence-corrected chi connectivity index (χ4v) is 4.16. The number of anilines is 1. The zero-order chi connectivity index (χ0) is 17.8. The van der Waals surface area contributed by atoms with Crippen LogP contribution in [-0.2, 0) is 5.41 Å². The molecule has 1 spiro atoms. The van der Waals surface area contributed by atoms with Crippen molar-refractivity contribution < 1.29 is 14.2 Å². The summed E-state index contributed by atoms with van der Waals surface area (Å²) in [5, 5.41) is 0. The van der Waals surface area contributed by atoms with Gasteiger partial charge in [0.25, 0.3) is 0 Å². The van der Waals surface area contributed by atoms with E-state index in [1.54, 1.807) is 14.2 Å². The second-order valence-electron chi connectivity index (χ2n) is 7.05. The summed E-state index contributed by atoms with van der Waals surface area (Å²) in [5.74, 6) is 2.38. The summed E-state index contributed by atoms with van der Waals surface area (Å²) in [7, 11) is 5.43. The minimum atomic E-state index is -0.647. The Bertz CT molecular complexity index is 871. The molecule has 0 saturated heterocycles. The molecular formula is C21H23NO3. The van der Waals surface area contributed by atoms with Crippen molar-refractivity contribution >= 4 is 11.8 Å². The number of nitrogens with zero attached hydrogens (tertiary/aromatic N) is 1. The van der Waals surface area contributed by atoms with Crippen molar-refractivity contribution in [2.75, 3.05) is 26.2 Å². The molecule has 2 aliphatic heterocycles. The van der Waals surface area contributed by atoms with Crippen LogP contribution >= 0.6 is 0 Å². The predicted molar refractivity (Wildman–Crippen MR) is 99.8 cm³/mol. The van der Waals surface area contributed by atoms with Crippen LogP contribution in [0, 0.1) is 0 Å². The Hall–Kier alpha value is -2.62. The third kappa shape index (κ3) is 1.88. The Labute approximate surface area is 148 Å². The lowest BCUT2D eigenvalue weighted by atomic mass is 9.76. The average Bonchev–Trinajstić information content (AvgIpc) is 2.80. The number of methoxy groups -OCH3 is 2. The molecule has 130 valence electrons. The van der Waals surface area contributed by atoms with E-state index in [1.807, 2.05) is 30.3 Å². The number of rotatable bonds is 2. The number of likely N-dealkylation sites (N-methyl/N-ethyl adjacent to an activating group) is 1. The van der Waals surface area contributed by atoms with Crippen molar-refractivity contribution in [2.24, 2.45) is 0 Å². The van der Waals surface area contributed by atoms with Crippen LogP contribution in [0.3, 0.4) is 0 Å². The van der Waals surface area contributed by atoms with E-state index in [4.69, 9.17) is 14.2 Å². The molecule has 0 aromatic heterocycles. The van der Waals surface area contributed by atoms with Crippen LogP contribution in [0.4, 0.5) is 5.69 Å². The second-order valence-corrected chi connectivity index (χ2v) is 7.05. The molecule has 0 fully saturated rings. The molecule has 1 atom stereocenters. The molecule has 4 rings (SSSR count). The van der Waals surface area contributed by atoms with Crippen LogP contribution in [0.2, 0.25) is 0 Å². The first-order valence-electron chi connectivity index (χ1n) is 8.43. The Kier molecular flexibility index (Phi) is 3.29. The van der Waals surface area contributed by atoms with E-state index in [0.29, 0.717) is 0 Å². The topological polar surface area (TPSA) is 30.9 Å². The minimum Gasteiger partial charge on any atom is -0.495 e. The number of benzene rings is 2. The van der Waals surface area contributed by atoms with E-state index in [-0.39, 0.29) is 5.41 Å². The highest BCUT2D eigenvalue weighted by molar-refractivity contribution is 5.77. The van der Waals surface area contributed by atoms with E-state index in [1.165, 1.54) is 5.56 Å². The molecular weight excluding hydrogens is 314 g/mol. The largest absolute Gasteiger partial charge is 0.495 e. The standard InChI is InChI=1S/C21H23NO3/c1-20(2)15-9-7-10-16(23-4)18(15)22(3)21(20)13-12-14-8-6-11-17(24-5)19(14)25-21/h6-13H,1-5H3. The van der Waals surface area contributed by atoms with Gasteiger partial charge in [0.1, 0.15) is 5.75 Å². The summed E-state index contributed by atoms with van der Waals surface area (Å²) in [5.41, 5.74) is 2.37. The SMILES string of the molecule is COc1cccc2c1OC1(C=C2)N(C)c2c(OC)cccc2C1(C)C. The summed E-state index contributed by atoms with van der Waals surface area (Å²) < 4.78 is 17.8. The predicted octanol–water partition coefficient (Wildman–Crippen LogP) is 4.23. The van der Waals surface area contributed by atoms with Gasteiger partial charge in [0.2, 0.25) is 5.72 Å². The van der Waals surface area contributed by atoms with E-state index >= 15 is 0 Å². The van der Waals surface area contributed by atoms with Gasteiger partial charge < -0.3 is 19.1 Å². The van der Waals surface area contributed by atoms with E-state index in [2.05, 4.69) is 44.0 Å². The molecule has 0 aliphatic carbocycles. The summed E-state index contributed by atoms with van der Waals surface area (Å²) in [6.07, 6.45) is 4.27. The van der Waals surface area contributed by atoms with Gasteiger partial charge in [-0.15, -0.1) is 0 Å². The molecule has 4 nitrogen and oxygen atoms in total. The van der Waals surface area contributed by atoms with Crippen molar-refractivity contribution in [2.45, 2.75) is 25.0 Å². The highest BCUT2D eigenvalue weighted by atomic mass is 16.5. The van der Waals surface area contributed by atoms with E-state index in [0.717, 1.165) is 28.5 Å². The first-order chi connectivity index (χ1) is 12.0. The monoisotopic (exact) mass is 337 g/mol. The summed E-state index contributed by atoms with van der Waals surface area (Å²) >= 11 is 0. The maximum atomic E-state index is 6.67. The second kappa shape index (κ2) is 5.19. The van der Waals surface area contributed by atoms with Crippen molar-refractivity contribution in [3.63, 3.8) is 0 Å². The molecule has 0 saturated carbocycles. The van der Waals surface area contributed by atoms with Gasteiger partial charge in [0, 0.05) is 12.6 Å². The molecule has 1 unspecified atom stereocenters. The van der Waals surface area contributed by atoms with Gasteiger partial charge in [0.15, 0.2) is 11.5 Å². The Morgan fingerprint density at radius 1 is 0.960 bits per heavy atom. The number of ether oxygens (including phenoxy) is 3. The lowest BCUT2D eigenvalue weighted by Crippen LogP contribution is -2.58. The molecule has 25 heavy (non-hydrogen) atoms. The zero-order valence-electron chi connectivity index (χ0n) is 15.3. The van der Waals surface area contributed by atoms with Crippen molar-refractivity contribution in [1.29, 1.82) is 0 Å². The summed E-state index contributed by atoms with van der Waals surface area (Å²) in [4.78, 5) is 2.17. The van der Waals surface area contributed by atoms with Gasteiger partial charge in [-0.2, -0.15) is 0 Å².